The largest absolute Gasteiger partial charge is 0.368 e. The highest BCUT2D eigenvalue weighted by atomic mass is 15.0. The number of nitrogens with zero attached hydrogens (tertiary/aromatic N) is 2. The Morgan fingerprint density at radius 3 is 2.27 bits per heavy atom. The lowest BCUT2D eigenvalue weighted by Crippen LogP contribution is -2.19. The summed E-state index contributed by atoms with van der Waals surface area (Å²) in [6.45, 7) is 10.7. The van der Waals surface area contributed by atoms with Crippen molar-refractivity contribution < 1.29 is 0 Å². The van der Waals surface area contributed by atoms with Crippen LogP contribution in [-0.4, -0.2) is 9.97 Å². The molecule has 1 aromatic rings. The molecule has 0 saturated carbocycles. The first-order valence-electron chi connectivity index (χ1n) is 5.49. The molecule has 0 aromatic carbocycles. The van der Waals surface area contributed by atoms with Crippen molar-refractivity contribution in [1.29, 1.82) is 0 Å². The monoisotopic (exact) mass is 207 g/mol. The second-order valence-electron chi connectivity index (χ2n) is 4.99. The first kappa shape index (κ1) is 12.0. The van der Waals surface area contributed by atoms with Crippen LogP contribution in [0.4, 0.5) is 5.95 Å². The van der Waals surface area contributed by atoms with E-state index in [2.05, 4.69) is 37.7 Å². The SMILES string of the molecule is CCCc1c(C)nc(N)nc1C(C)(C)C. The molecular formula is C12H21N3. The topological polar surface area (TPSA) is 51.8 Å². The van der Waals surface area contributed by atoms with Gasteiger partial charge in [0.25, 0.3) is 0 Å². The van der Waals surface area contributed by atoms with Crippen molar-refractivity contribution in [2.75, 3.05) is 5.73 Å². The van der Waals surface area contributed by atoms with Gasteiger partial charge in [-0.3, -0.25) is 0 Å². The van der Waals surface area contributed by atoms with Crippen LogP contribution in [0.25, 0.3) is 0 Å². The fourth-order valence-corrected chi connectivity index (χ4v) is 1.79. The Hall–Kier alpha value is -1.12. The quantitative estimate of drug-likeness (QED) is 0.811. The van der Waals surface area contributed by atoms with E-state index in [4.69, 9.17) is 5.73 Å². The van der Waals surface area contributed by atoms with Crippen LogP contribution in [-0.2, 0) is 11.8 Å². The molecule has 1 heterocycles. The average molecular weight is 207 g/mol. The zero-order chi connectivity index (χ0) is 11.6. The lowest BCUT2D eigenvalue weighted by Gasteiger charge is -2.22. The van der Waals surface area contributed by atoms with Crippen molar-refractivity contribution in [3.63, 3.8) is 0 Å². The zero-order valence-corrected chi connectivity index (χ0v) is 10.4. The molecule has 3 heteroatoms. The van der Waals surface area contributed by atoms with Gasteiger partial charge in [0.15, 0.2) is 0 Å². The fourth-order valence-electron chi connectivity index (χ4n) is 1.79. The van der Waals surface area contributed by atoms with Crippen molar-refractivity contribution in [3.05, 3.63) is 17.0 Å². The van der Waals surface area contributed by atoms with E-state index in [0.717, 1.165) is 24.2 Å². The maximum atomic E-state index is 5.70. The van der Waals surface area contributed by atoms with Gasteiger partial charge in [-0.05, 0) is 18.9 Å². The molecule has 0 aliphatic carbocycles. The fraction of sp³-hybridized carbons (Fsp3) is 0.667. The molecule has 1 aromatic heterocycles. The average Bonchev–Trinajstić information content (AvgIpc) is 2.07. The van der Waals surface area contributed by atoms with E-state index < -0.39 is 0 Å². The van der Waals surface area contributed by atoms with E-state index in [-0.39, 0.29) is 5.41 Å². The molecule has 1 rings (SSSR count). The molecule has 3 nitrogen and oxygen atoms in total. The summed E-state index contributed by atoms with van der Waals surface area (Å²) in [6.07, 6.45) is 2.13. The van der Waals surface area contributed by atoms with E-state index in [0.29, 0.717) is 5.95 Å². The first-order chi connectivity index (χ1) is 6.86. The summed E-state index contributed by atoms with van der Waals surface area (Å²) in [5.74, 6) is 0.386. The normalized spacial score (nSPS) is 11.8. The zero-order valence-electron chi connectivity index (χ0n) is 10.4. The Kier molecular flexibility index (Phi) is 3.32. The van der Waals surface area contributed by atoms with Crippen LogP contribution >= 0.6 is 0 Å². The number of rotatable bonds is 2. The molecule has 0 aliphatic heterocycles. The maximum Gasteiger partial charge on any atom is 0.220 e. The van der Waals surface area contributed by atoms with Gasteiger partial charge < -0.3 is 5.73 Å². The molecule has 0 spiro atoms. The van der Waals surface area contributed by atoms with Crippen molar-refractivity contribution in [2.45, 2.75) is 52.9 Å². The molecule has 0 fully saturated rings. The van der Waals surface area contributed by atoms with Gasteiger partial charge in [-0.2, -0.15) is 0 Å². The third kappa shape index (κ3) is 2.67. The second-order valence-corrected chi connectivity index (χ2v) is 4.99. The Morgan fingerprint density at radius 2 is 1.80 bits per heavy atom. The molecule has 2 N–H and O–H groups in total. The Labute approximate surface area is 92.1 Å². The standard InChI is InChI=1S/C12H21N3/c1-6-7-9-8(2)14-11(13)15-10(9)12(3,4)5/h6-7H2,1-5H3,(H2,13,14,15). The van der Waals surface area contributed by atoms with Gasteiger partial charge in [0.05, 0.1) is 5.69 Å². The third-order valence-electron chi connectivity index (χ3n) is 2.44. The molecular weight excluding hydrogens is 186 g/mol. The molecule has 0 amide bonds. The van der Waals surface area contributed by atoms with Gasteiger partial charge in [0, 0.05) is 11.1 Å². The molecule has 84 valence electrons. The summed E-state index contributed by atoms with van der Waals surface area (Å²) in [5.41, 5.74) is 9.11. The lowest BCUT2D eigenvalue weighted by molar-refractivity contribution is 0.556. The van der Waals surface area contributed by atoms with Crippen LogP contribution in [0, 0.1) is 6.92 Å². The van der Waals surface area contributed by atoms with E-state index in [1.807, 2.05) is 6.92 Å². The van der Waals surface area contributed by atoms with E-state index >= 15 is 0 Å². The van der Waals surface area contributed by atoms with Gasteiger partial charge >= 0.3 is 0 Å². The predicted octanol–water partition coefficient (Wildman–Crippen LogP) is 2.62. The molecule has 0 atom stereocenters. The van der Waals surface area contributed by atoms with Crippen LogP contribution < -0.4 is 5.73 Å². The number of nitrogen functional groups attached to an aromatic ring is 1. The summed E-state index contributed by atoms with van der Waals surface area (Å²) in [4.78, 5) is 8.62. The van der Waals surface area contributed by atoms with Crippen LogP contribution in [0.5, 0.6) is 0 Å². The summed E-state index contributed by atoms with van der Waals surface area (Å²) >= 11 is 0. The molecule has 0 saturated heterocycles. The van der Waals surface area contributed by atoms with Crippen molar-refractivity contribution in [3.8, 4) is 0 Å². The summed E-state index contributed by atoms with van der Waals surface area (Å²) < 4.78 is 0. The number of hydrogen-bond donors (Lipinski definition) is 1. The Morgan fingerprint density at radius 1 is 1.20 bits per heavy atom. The van der Waals surface area contributed by atoms with Gasteiger partial charge in [-0.15, -0.1) is 0 Å². The first-order valence-corrected chi connectivity index (χ1v) is 5.49. The van der Waals surface area contributed by atoms with Crippen LogP contribution in [0.2, 0.25) is 0 Å². The van der Waals surface area contributed by atoms with Crippen molar-refractivity contribution in [1.82, 2.24) is 9.97 Å². The highest BCUT2D eigenvalue weighted by molar-refractivity contribution is 5.35. The lowest BCUT2D eigenvalue weighted by atomic mass is 9.86. The van der Waals surface area contributed by atoms with E-state index in [1.165, 1.54) is 5.56 Å². The molecule has 0 aliphatic rings. The number of anilines is 1. The third-order valence-corrected chi connectivity index (χ3v) is 2.44. The second kappa shape index (κ2) is 4.17. The summed E-state index contributed by atoms with van der Waals surface area (Å²) in [5, 5.41) is 0. The van der Waals surface area contributed by atoms with Crippen LogP contribution in [0.15, 0.2) is 0 Å². The minimum Gasteiger partial charge on any atom is -0.368 e. The minimum atomic E-state index is 0.0341. The summed E-state index contributed by atoms with van der Waals surface area (Å²) in [6, 6.07) is 0. The number of aromatic nitrogens is 2. The Balaban J connectivity index is 3.33. The van der Waals surface area contributed by atoms with Gasteiger partial charge in [-0.1, -0.05) is 34.1 Å². The van der Waals surface area contributed by atoms with E-state index in [1.54, 1.807) is 0 Å². The minimum absolute atomic E-state index is 0.0341. The highest BCUT2D eigenvalue weighted by Crippen LogP contribution is 2.26. The van der Waals surface area contributed by atoms with E-state index in [9.17, 15) is 0 Å². The summed E-state index contributed by atoms with van der Waals surface area (Å²) in [7, 11) is 0. The van der Waals surface area contributed by atoms with Crippen molar-refractivity contribution >= 4 is 5.95 Å². The number of nitrogens with two attached hydrogens (primary N) is 1. The van der Waals surface area contributed by atoms with Gasteiger partial charge in [0.2, 0.25) is 5.95 Å². The molecule has 0 unspecified atom stereocenters. The molecule has 15 heavy (non-hydrogen) atoms. The molecule has 0 bridgehead atoms. The van der Waals surface area contributed by atoms with Crippen molar-refractivity contribution in [2.24, 2.45) is 0 Å². The van der Waals surface area contributed by atoms with Crippen LogP contribution in [0.3, 0.4) is 0 Å². The highest BCUT2D eigenvalue weighted by Gasteiger charge is 2.21. The molecule has 0 radical (unpaired) electrons. The Bertz CT molecular complexity index is 351. The van der Waals surface area contributed by atoms with Crippen LogP contribution in [0.1, 0.15) is 51.1 Å². The predicted molar refractivity (Wildman–Crippen MR) is 63.9 cm³/mol. The van der Waals surface area contributed by atoms with Gasteiger partial charge in [0.1, 0.15) is 0 Å². The number of hydrogen-bond acceptors (Lipinski definition) is 3. The number of aryl methyl sites for hydroxylation is 1. The maximum absolute atomic E-state index is 5.70. The smallest absolute Gasteiger partial charge is 0.220 e. The van der Waals surface area contributed by atoms with Gasteiger partial charge in [-0.25, -0.2) is 9.97 Å².